The number of benzene rings is 1. The summed E-state index contributed by atoms with van der Waals surface area (Å²) in [5.41, 5.74) is 1.43. The second-order valence-corrected chi connectivity index (χ2v) is 8.03. The second kappa shape index (κ2) is 4.93. The molecule has 0 unspecified atom stereocenters. The molecule has 1 nitrogen and oxygen atoms in total. The van der Waals surface area contributed by atoms with Gasteiger partial charge in [-0.1, -0.05) is 40.7 Å². The Balaban J connectivity index is 3.20. The number of hydrogen-bond donors (Lipinski definition) is 1. The average Bonchev–Trinajstić information content (AvgIpc) is 2.09. The van der Waals surface area contributed by atoms with Gasteiger partial charge in [0.2, 0.25) is 0 Å². The SMILES string of the molecule is CC(C)(C)CC(C)(C)c1ccc(Br)c(O)c1Br. The Morgan fingerprint density at radius 1 is 1.06 bits per heavy atom. The number of phenols is 1. The van der Waals surface area contributed by atoms with Gasteiger partial charge < -0.3 is 5.11 Å². The lowest BCUT2D eigenvalue weighted by molar-refractivity contribution is 0.282. The Morgan fingerprint density at radius 2 is 1.59 bits per heavy atom. The van der Waals surface area contributed by atoms with Crippen LogP contribution in [-0.2, 0) is 5.41 Å². The molecule has 17 heavy (non-hydrogen) atoms. The highest BCUT2D eigenvalue weighted by Gasteiger charge is 2.30. The molecule has 96 valence electrons. The quantitative estimate of drug-likeness (QED) is 0.721. The number of phenolic OH excluding ortho intramolecular Hbond substituents is 1. The lowest BCUT2D eigenvalue weighted by atomic mass is 9.72. The van der Waals surface area contributed by atoms with Crippen LogP contribution in [0.2, 0.25) is 0 Å². The van der Waals surface area contributed by atoms with Crippen LogP contribution in [0.4, 0.5) is 0 Å². The van der Waals surface area contributed by atoms with Crippen LogP contribution < -0.4 is 0 Å². The van der Waals surface area contributed by atoms with E-state index < -0.39 is 0 Å². The Bertz CT molecular complexity index is 417. The monoisotopic (exact) mass is 362 g/mol. The van der Waals surface area contributed by atoms with Crippen molar-refractivity contribution in [3.63, 3.8) is 0 Å². The largest absolute Gasteiger partial charge is 0.506 e. The van der Waals surface area contributed by atoms with E-state index in [-0.39, 0.29) is 16.6 Å². The standard InChI is InChI=1S/C14H20Br2O/c1-13(2,3)8-14(4,5)9-6-7-10(15)12(17)11(9)16/h6-7,17H,8H2,1-5H3. The first-order chi connectivity index (χ1) is 7.54. The van der Waals surface area contributed by atoms with Crippen molar-refractivity contribution in [3.8, 4) is 5.75 Å². The van der Waals surface area contributed by atoms with E-state index in [0.29, 0.717) is 0 Å². The van der Waals surface area contributed by atoms with Crippen LogP contribution in [0.1, 0.15) is 46.6 Å². The van der Waals surface area contributed by atoms with Gasteiger partial charge in [-0.25, -0.2) is 0 Å². The molecule has 3 heteroatoms. The maximum atomic E-state index is 9.96. The van der Waals surface area contributed by atoms with E-state index in [1.54, 1.807) is 0 Å². The lowest BCUT2D eigenvalue weighted by Gasteiger charge is -2.33. The van der Waals surface area contributed by atoms with Gasteiger partial charge in [-0.15, -0.1) is 0 Å². The van der Waals surface area contributed by atoms with Crippen LogP contribution in [0.15, 0.2) is 21.1 Å². The van der Waals surface area contributed by atoms with Crippen LogP contribution in [0.5, 0.6) is 5.75 Å². The van der Waals surface area contributed by atoms with Crippen LogP contribution in [0, 0.1) is 5.41 Å². The molecule has 0 aromatic heterocycles. The summed E-state index contributed by atoms with van der Waals surface area (Å²) in [6, 6.07) is 3.97. The minimum Gasteiger partial charge on any atom is -0.506 e. The molecule has 1 rings (SSSR count). The van der Waals surface area contributed by atoms with Crippen LogP contribution >= 0.6 is 31.9 Å². The minimum atomic E-state index is 0.0231. The van der Waals surface area contributed by atoms with Gasteiger partial charge in [-0.05, 0) is 60.7 Å². The molecule has 0 aliphatic heterocycles. The van der Waals surface area contributed by atoms with E-state index >= 15 is 0 Å². The Morgan fingerprint density at radius 3 is 2.06 bits per heavy atom. The highest BCUT2D eigenvalue weighted by Crippen LogP contribution is 2.44. The smallest absolute Gasteiger partial charge is 0.144 e. The summed E-state index contributed by atoms with van der Waals surface area (Å²) in [6.45, 7) is 11.1. The van der Waals surface area contributed by atoms with Gasteiger partial charge in [-0.2, -0.15) is 0 Å². The molecule has 1 aromatic rings. The molecular weight excluding hydrogens is 344 g/mol. The predicted octanol–water partition coefficient (Wildman–Crippen LogP) is 5.63. The Hall–Kier alpha value is -0.0200. The van der Waals surface area contributed by atoms with Crippen molar-refractivity contribution < 1.29 is 5.11 Å². The maximum Gasteiger partial charge on any atom is 0.144 e. The van der Waals surface area contributed by atoms with Gasteiger partial charge >= 0.3 is 0 Å². The molecule has 0 saturated heterocycles. The Kier molecular flexibility index (Phi) is 4.36. The topological polar surface area (TPSA) is 20.2 Å². The third kappa shape index (κ3) is 3.72. The third-order valence-electron chi connectivity index (χ3n) is 2.77. The second-order valence-electron chi connectivity index (χ2n) is 6.38. The summed E-state index contributed by atoms with van der Waals surface area (Å²) in [5.74, 6) is 0.282. The predicted molar refractivity (Wildman–Crippen MR) is 80.6 cm³/mol. The van der Waals surface area contributed by atoms with Crippen molar-refractivity contribution in [1.82, 2.24) is 0 Å². The summed E-state index contributed by atoms with van der Waals surface area (Å²) in [6.07, 6.45) is 1.06. The fourth-order valence-electron chi connectivity index (χ4n) is 2.48. The van der Waals surface area contributed by atoms with Gasteiger partial charge in [0, 0.05) is 0 Å². The normalized spacial score (nSPS) is 12.9. The van der Waals surface area contributed by atoms with Crippen molar-refractivity contribution in [1.29, 1.82) is 0 Å². The van der Waals surface area contributed by atoms with Gasteiger partial charge in [0.15, 0.2) is 0 Å². The Labute approximate surface area is 121 Å². The molecule has 0 spiro atoms. The molecule has 0 amide bonds. The minimum absolute atomic E-state index is 0.0231. The molecule has 1 N–H and O–H groups in total. The maximum absolute atomic E-state index is 9.96. The summed E-state index contributed by atoms with van der Waals surface area (Å²) in [4.78, 5) is 0. The van der Waals surface area contributed by atoms with E-state index in [2.05, 4.69) is 72.5 Å². The average molecular weight is 364 g/mol. The van der Waals surface area contributed by atoms with Gasteiger partial charge in [0.1, 0.15) is 5.75 Å². The van der Waals surface area contributed by atoms with E-state index in [9.17, 15) is 5.11 Å². The lowest BCUT2D eigenvalue weighted by Crippen LogP contribution is -2.25. The van der Waals surface area contributed by atoms with Crippen LogP contribution in [0.3, 0.4) is 0 Å². The molecule has 0 heterocycles. The van der Waals surface area contributed by atoms with Crippen molar-refractivity contribution in [2.45, 2.75) is 46.5 Å². The van der Waals surface area contributed by atoms with Crippen molar-refractivity contribution in [2.24, 2.45) is 5.41 Å². The summed E-state index contributed by atoms with van der Waals surface area (Å²) in [7, 11) is 0. The molecule has 0 aliphatic carbocycles. The molecular formula is C14H20Br2O. The van der Waals surface area contributed by atoms with Crippen molar-refractivity contribution >= 4 is 31.9 Å². The van der Waals surface area contributed by atoms with Crippen LogP contribution in [0.25, 0.3) is 0 Å². The van der Waals surface area contributed by atoms with Crippen molar-refractivity contribution in [3.05, 3.63) is 26.6 Å². The highest BCUT2D eigenvalue weighted by molar-refractivity contribution is 9.11. The summed E-state index contributed by atoms with van der Waals surface area (Å²) >= 11 is 6.82. The number of rotatable bonds is 2. The zero-order valence-electron chi connectivity index (χ0n) is 11.1. The first-order valence-electron chi connectivity index (χ1n) is 5.72. The molecule has 0 bridgehead atoms. The molecule has 1 aromatic carbocycles. The van der Waals surface area contributed by atoms with E-state index in [1.165, 1.54) is 0 Å². The van der Waals surface area contributed by atoms with E-state index in [4.69, 9.17) is 0 Å². The summed E-state index contributed by atoms with van der Waals surface area (Å²) < 4.78 is 1.51. The number of hydrogen-bond acceptors (Lipinski definition) is 1. The molecule has 0 saturated carbocycles. The van der Waals surface area contributed by atoms with E-state index in [1.807, 2.05) is 6.07 Å². The molecule has 0 aliphatic rings. The molecule has 0 fully saturated rings. The zero-order valence-corrected chi connectivity index (χ0v) is 14.2. The molecule has 0 atom stereocenters. The zero-order chi connectivity index (χ0) is 13.4. The summed E-state index contributed by atoms with van der Waals surface area (Å²) in [5, 5.41) is 9.96. The number of aromatic hydroxyl groups is 1. The highest BCUT2D eigenvalue weighted by atomic mass is 79.9. The van der Waals surface area contributed by atoms with Crippen molar-refractivity contribution in [2.75, 3.05) is 0 Å². The van der Waals surface area contributed by atoms with Gasteiger partial charge in [0.05, 0.1) is 8.95 Å². The first-order valence-corrected chi connectivity index (χ1v) is 7.31. The van der Waals surface area contributed by atoms with Gasteiger partial charge in [0.25, 0.3) is 0 Å². The van der Waals surface area contributed by atoms with Crippen LogP contribution in [-0.4, -0.2) is 5.11 Å². The van der Waals surface area contributed by atoms with Gasteiger partial charge in [-0.3, -0.25) is 0 Å². The van der Waals surface area contributed by atoms with E-state index in [0.717, 1.165) is 20.9 Å². The number of halogens is 2. The molecule has 0 radical (unpaired) electrons. The first kappa shape index (κ1) is 15.0. The fourth-order valence-corrected chi connectivity index (χ4v) is 3.96. The fraction of sp³-hybridized carbons (Fsp3) is 0.571. The third-order valence-corrected chi connectivity index (χ3v) is 4.21.